The van der Waals surface area contributed by atoms with Crippen LogP contribution in [0.25, 0.3) is 0 Å². The maximum Gasteiger partial charge on any atom is 0.105 e. The second kappa shape index (κ2) is 4.61. The van der Waals surface area contributed by atoms with E-state index in [1.807, 2.05) is 6.07 Å². The molecule has 0 saturated carbocycles. The Morgan fingerprint density at radius 1 is 1.45 bits per heavy atom. The predicted octanol–water partition coefficient (Wildman–Crippen LogP) is 2.38. The summed E-state index contributed by atoms with van der Waals surface area (Å²) in [6.45, 7) is 0. The molecule has 1 nitrogen and oxygen atoms in total. The highest BCUT2D eigenvalue weighted by Gasteiger charge is 2.22. The number of alkyl halides is 1. The highest BCUT2D eigenvalue weighted by atomic mass is 32.2. The first-order chi connectivity index (χ1) is 5.34. The zero-order chi connectivity index (χ0) is 8.10. The Morgan fingerprint density at radius 2 is 2.18 bits per heavy atom. The summed E-state index contributed by atoms with van der Waals surface area (Å²) in [6.07, 6.45) is 1.17. The third-order valence-electron chi connectivity index (χ3n) is 2.04. The van der Waals surface area contributed by atoms with Gasteiger partial charge in [-0.3, -0.25) is 0 Å². The number of rotatable bonds is 1. The molecule has 1 saturated heterocycles. The minimum absolute atomic E-state index is 0.00926. The summed E-state index contributed by atoms with van der Waals surface area (Å²) < 4.78 is 13.1. The van der Waals surface area contributed by atoms with Crippen molar-refractivity contribution >= 4 is 11.8 Å². The molecule has 0 aromatic rings. The minimum atomic E-state index is -0.732. The molecule has 0 aromatic carbocycles. The van der Waals surface area contributed by atoms with Crippen LogP contribution in [-0.2, 0) is 0 Å². The van der Waals surface area contributed by atoms with E-state index >= 15 is 0 Å². The molecule has 62 valence electrons. The fraction of sp³-hybridized carbons (Fsp3) is 0.875. The van der Waals surface area contributed by atoms with E-state index in [9.17, 15) is 4.39 Å². The monoisotopic (exact) mass is 173 g/mol. The van der Waals surface area contributed by atoms with E-state index in [1.54, 1.807) is 11.8 Å². The molecule has 0 aliphatic carbocycles. The fourth-order valence-electron chi connectivity index (χ4n) is 1.30. The third kappa shape index (κ3) is 2.70. The van der Waals surface area contributed by atoms with Gasteiger partial charge in [-0.25, -0.2) is 4.39 Å². The topological polar surface area (TPSA) is 23.8 Å². The lowest BCUT2D eigenvalue weighted by molar-refractivity contribution is 0.223. The van der Waals surface area contributed by atoms with E-state index in [2.05, 4.69) is 0 Å². The van der Waals surface area contributed by atoms with Crippen LogP contribution in [0.2, 0.25) is 0 Å². The van der Waals surface area contributed by atoms with Crippen LogP contribution in [0.15, 0.2) is 0 Å². The maximum absolute atomic E-state index is 13.1. The van der Waals surface area contributed by atoms with Gasteiger partial charge in [-0.15, -0.1) is 0 Å². The lowest BCUT2D eigenvalue weighted by Gasteiger charge is -2.13. The predicted molar refractivity (Wildman–Crippen MR) is 45.2 cm³/mol. The van der Waals surface area contributed by atoms with Crippen molar-refractivity contribution in [1.82, 2.24) is 0 Å². The van der Waals surface area contributed by atoms with Gasteiger partial charge in [0.25, 0.3) is 0 Å². The van der Waals surface area contributed by atoms with Gasteiger partial charge in [0.05, 0.1) is 6.07 Å². The largest absolute Gasteiger partial charge is 0.247 e. The number of thioether (sulfide) groups is 1. The Balaban J connectivity index is 2.40. The number of hydrogen-bond donors (Lipinski definition) is 0. The molecule has 3 heteroatoms. The van der Waals surface area contributed by atoms with Crippen LogP contribution in [0.3, 0.4) is 0 Å². The van der Waals surface area contributed by atoms with Gasteiger partial charge in [-0.1, -0.05) is 0 Å². The lowest BCUT2D eigenvalue weighted by atomic mass is 9.96. The normalized spacial score (nSPS) is 32.4. The Hall–Kier alpha value is -0.230. The fourth-order valence-corrected chi connectivity index (χ4v) is 2.36. The molecule has 11 heavy (non-hydrogen) atoms. The average molecular weight is 173 g/mol. The first kappa shape index (κ1) is 8.86. The molecule has 1 rings (SSSR count). The van der Waals surface area contributed by atoms with Gasteiger partial charge in [0.2, 0.25) is 0 Å². The summed E-state index contributed by atoms with van der Waals surface area (Å²) in [7, 11) is 0. The number of nitriles is 1. The van der Waals surface area contributed by atoms with Crippen molar-refractivity contribution in [3.05, 3.63) is 0 Å². The van der Waals surface area contributed by atoms with E-state index in [1.165, 1.54) is 0 Å². The molecule has 0 spiro atoms. The second-order valence-electron chi connectivity index (χ2n) is 2.83. The van der Waals surface area contributed by atoms with Crippen molar-refractivity contribution in [2.45, 2.75) is 25.4 Å². The minimum Gasteiger partial charge on any atom is -0.247 e. The molecule has 0 N–H and O–H groups in total. The van der Waals surface area contributed by atoms with Crippen LogP contribution in [0, 0.1) is 17.2 Å². The Kier molecular flexibility index (Phi) is 3.71. The van der Waals surface area contributed by atoms with Gasteiger partial charge in [0.1, 0.15) is 6.17 Å². The molecule has 0 bridgehead atoms. The zero-order valence-corrected chi connectivity index (χ0v) is 7.24. The van der Waals surface area contributed by atoms with Crippen LogP contribution >= 0.6 is 11.8 Å². The van der Waals surface area contributed by atoms with Gasteiger partial charge in [0, 0.05) is 12.3 Å². The van der Waals surface area contributed by atoms with Gasteiger partial charge < -0.3 is 0 Å². The number of nitrogens with zero attached hydrogens (tertiary/aromatic N) is 1. The summed E-state index contributed by atoms with van der Waals surface area (Å²) >= 11 is 1.80. The molecular formula is C8H12FNS. The van der Waals surface area contributed by atoms with Crippen molar-refractivity contribution in [3.8, 4) is 6.07 Å². The summed E-state index contributed by atoms with van der Waals surface area (Å²) in [5.41, 5.74) is 0. The molecule has 0 unspecified atom stereocenters. The molecule has 1 aliphatic heterocycles. The quantitative estimate of drug-likeness (QED) is 0.608. The molecule has 0 amide bonds. The molecule has 0 radical (unpaired) electrons. The van der Waals surface area contributed by atoms with E-state index < -0.39 is 6.17 Å². The van der Waals surface area contributed by atoms with Gasteiger partial charge >= 0.3 is 0 Å². The Labute approximate surface area is 71.0 Å². The van der Waals surface area contributed by atoms with E-state index in [0.717, 1.165) is 17.9 Å². The van der Waals surface area contributed by atoms with Crippen molar-refractivity contribution in [3.63, 3.8) is 0 Å². The molecular weight excluding hydrogens is 161 g/mol. The lowest BCUT2D eigenvalue weighted by Crippen LogP contribution is -2.14. The van der Waals surface area contributed by atoms with Crippen LogP contribution < -0.4 is 0 Å². The standard InChI is InChI=1S/C8H12FNS/c9-8-3-6-11-5-2-7(8)1-4-10/h7-8H,1-3,5-6H2/t7-,8+/m0/s1. The third-order valence-corrected chi connectivity index (χ3v) is 3.08. The molecule has 1 fully saturated rings. The van der Waals surface area contributed by atoms with Crippen LogP contribution in [0.4, 0.5) is 4.39 Å². The van der Waals surface area contributed by atoms with Crippen molar-refractivity contribution in [2.24, 2.45) is 5.92 Å². The summed E-state index contributed by atoms with van der Waals surface area (Å²) in [5, 5.41) is 8.40. The smallest absolute Gasteiger partial charge is 0.105 e. The van der Waals surface area contributed by atoms with Gasteiger partial charge in [0.15, 0.2) is 0 Å². The van der Waals surface area contributed by atoms with Crippen molar-refractivity contribution < 1.29 is 4.39 Å². The first-order valence-corrected chi connectivity index (χ1v) is 5.09. The zero-order valence-electron chi connectivity index (χ0n) is 6.42. The van der Waals surface area contributed by atoms with E-state index in [0.29, 0.717) is 12.8 Å². The van der Waals surface area contributed by atoms with Crippen molar-refractivity contribution in [1.29, 1.82) is 5.26 Å². The highest BCUT2D eigenvalue weighted by molar-refractivity contribution is 7.99. The summed E-state index contributed by atoms with van der Waals surface area (Å²) in [4.78, 5) is 0. The average Bonchev–Trinajstić information content (AvgIpc) is 2.18. The first-order valence-electron chi connectivity index (χ1n) is 3.93. The second-order valence-corrected chi connectivity index (χ2v) is 4.05. The SMILES string of the molecule is N#CC[C@H]1CCSCC[C@H]1F. The molecule has 1 aliphatic rings. The van der Waals surface area contributed by atoms with E-state index in [-0.39, 0.29) is 5.92 Å². The van der Waals surface area contributed by atoms with Crippen LogP contribution in [0.5, 0.6) is 0 Å². The van der Waals surface area contributed by atoms with E-state index in [4.69, 9.17) is 5.26 Å². The number of halogens is 1. The maximum atomic E-state index is 13.1. The summed E-state index contributed by atoms with van der Waals surface area (Å²) in [5.74, 6) is 1.95. The Bertz CT molecular complexity index is 155. The molecule has 1 heterocycles. The van der Waals surface area contributed by atoms with Crippen LogP contribution in [-0.4, -0.2) is 17.7 Å². The summed E-state index contributed by atoms with van der Waals surface area (Å²) in [6, 6.07) is 2.05. The molecule has 0 aromatic heterocycles. The van der Waals surface area contributed by atoms with Gasteiger partial charge in [-0.2, -0.15) is 17.0 Å². The van der Waals surface area contributed by atoms with Gasteiger partial charge in [-0.05, 0) is 24.3 Å². The Morgan fingerprint density at radius 3 is 2.91 bits per heavy atom. The molecule has 2 atom stereocenters. The van der Waals surface area contributed by atoms with Crippen molar-refractivity contribution in [2.75, 3.05) is 11.5 Å². The van der Waals surface area contributed by atoms with Crippen LogP contribution in [0.1, 0.15) is 19.3 Å². The number of hydrogen-bond acceptors (Lipinski definition) is 2. The highest BCUT2D eigenvalue weighted by Crippen LogP contribution is 2.26.